The van der Waals surface area contributed by atoms with E-state index in [1.54, 1.807) is 71.3 Å². The fourth-order valence-electron chi connectivity index (χ4n) is 13.9. The van der Waals surface area contributed by atoms with Crippen LogP contribution in [0.15, 0.2) is 109 Å². The molecule has 2 saturated heterocycles. The van der Waals surface area contributed by atoms with Crippen molar-refractivity contribution in [3.8, 4) is 23.0 Å². The Morgan fingerprint density at radius 3 is 1.46 bits per heavy atom. The zero-order valence-corrected chi connectivity index (χ0v) is 62.7. The molecule has 0 aliphatic carbocycles. The molecule has 0 radical (unpaired) electrons. The Morgan fingerprint density at radius 2 is 0.938 bits per heavy atom. The van der Waals surface area contributed by atoms with Crippen LogP contribution in [-0.2, 0) is 75.4 Å². The van der Waals surface area contributed by atoms with Gasteiger partial charge in [-0.3, -0.25) is 81.9 Å². The minimum absolute atomic E-state index is 0.0405. The lowest BCUT2D eigenvalue weighted by molar-refractivity contribution is -0.140. The number of anilines is 4. The minimum atomic E-state index is -2.19. The lowest BCUT2D eigenvalue weighted by Gasteiger charge is -2.33. The number of carbonyl (C=O) groups is 15. The van der Waals surface area contributed by atoms with Crippen molar-refractivity contribution in [1.82, 2.24) is 51.5 Å². The fourth-order valence-corrected chi connectivity index (χ4v) is 13.9. The summed E-state index contributed by atoms with van der Waals surface area (Å²) in [5.41, 5.74) is 2.84. The maximum atomic E-state index is 14.7. The van der Waals surface area contributed by atoms with Crippen LogP contribution in [0, 0.1) is 0 Å². The van der Waals surface area contributed by atoms with E-state index in [4.69, 9.17) is 28.4 Å². The van der Waals surface area contributed by atoms with E-state index in [1.165, 1.54) is 63.0 Å². The Balaban J connectivity index is 0.860. The third kappa shape index (κ3) is 18.4. The van der Waals surface area contributed by atoms with E-state index in [0.717, 1.165) is 34.1 Å². The number of fused-ring (bicyclic) bond motifs is 2. The van der Waals surface area contributed by atoms with E-state index >= 15 is 0 Å². The van der Waals surface area contributed by atoms with E-state index in [2.05, 4.69) is 49.1 Å². The molecule has 9 atom stereocenters. The first-order valence-electron chi connectivity index (χ1n) is 36.6. The van der Waals surface area contributed by atoms with E-state index in [-0.39, 0.29) is 120 Å². The van der Waals surface area contributed by atoms with Crippen LogP contribution >= 0.6 is 0 Å². The van der Waals surface area contributed by atoms with Crippen LogP contribution in [0.2, 0.25) is 0 Å². The van der Waals surface area contributed by atoms with Gasteiger partial charge in [0, 0.05) is 105 Å². The second kappa shape index (κ2) is 35.2. The number of ether oxygens (including phenoxy) is 6. The van der Waals surface area contributed by atoms with Crippen LogP contribution < -0.4 is 71.3 Å². The maximum Gasteiger partial charge on any atom is 0.414 e. The molecular formula is C77H88N14O21. The number of imide groups is 2. The molecule has 112 heavy (non-hydrogen) atoms. The standard InChI is InChI=1S/C77H88N14O21/c1-41-42(2)79-69(98)43(3)81-72(101)67(84-61(92)26-30-88-63(94)22-23-64(88)95)68(85-62(93)27-31-89-65(96)24-25-66(89)97)73(102)82-44(4)70(99)80-45(5)71(100)83-50-20-16-47(17-21-50)39-111-76(105)90-38-51-12-9-28-86(51)74(103)52-34-57(107-7)59(36-55(52)90)109-32-11-33-110-60-37-56-53(35-58(60)108-8)75(104)87-29-10-13-54(87)46(6)91(56)77(106)112-40-48-14-18-49(78-41)19-15-48/h14-25,34-37,42-46,51,54,67-68,78H,1,9-13,26-33,38-40H2,2-8H3,(H,79,98)(H,80,99)(H,81,101)(H,82,102)(H,83,100)(H,84,92)(H,85,93)/t42-,43-,44-,45-,46?,51-,54-,67-,68-/m0/s1. The third-order valence-corrected chi connectivity index (χ3v) is 20.2. The topological polar surface area (TPSA) is 427 Å². The normalized spacial score (nSPS) is 24.0. The summed E-state index contributed by atoms with van der Waals surface area (Å²) in [5, 5.41) is 20.5. The van der Waals surface area contributed by atoms with Crippen molar-refractivity contribution < 1.29 is 100 Å². The molecule has 8 N–H and O–H groups in total. The Hall–Kier alpha value is -12.8. The molecular weight excluding hydrogens is 1460 g/mol. The lowest BCUT2D eigenvalue weighted by atomic mass is 10.0. The zero-order chi connectivity index (χ0) is 80.4. The molecule has 592 valence electrons. The molecule has 2 fully saturated rings. The van der Waals surface area contributed by atoms with Crippen LogP contribution in [0.5, 0.6) is 23.0 Å². The molecule has 0 aromatic heterocycles. The summed E-state index contributed by atoms with van der Waals surface area (Å²) in [6.07, 6.45) is 3.96. The highest BCUT2D eigenvalue weighted by atomic mass is 16.6. The highest BCUT2D eigenvalue weighted by Gasteiger charge is 2.46. The number of amides is 15. The molecule has 14 rings (SSSR count). The van der Waals surface area contributed by atoms with Crippen LogP contribution in [0.4, 0.5) is 32.3 Å². The molecule has 10 heterocycles. The molecule has 35 heteroatoms. The highest BCUT2D eigenvalue weighted by Crippen LogP contribution is 2.43. The molecule has 8 bridgehead atoms. The molecule has 1 unspecified atom stereocenters. The molecule has 4 aromatic carbocycles. The van der Waals surface area contributed by atoms with Gasteiger partial charge in [-0.15, -0.1) is 0 Å². The first kappa shape index (κ1) is 80.2. The monoisotopic (exact) mass is 1540 g/mol. The fraction of sp³-hybridized carbons (Fsp3) is 0.416. The maximum absolute atomic E-state index is 14.7. The Kier molecular flexibility index (Phi) is 25.2. The molecule has 15 amide bonds. The van der Waals surface area contributed by atoms with Gasteiger partial charge < -0.3 is 80.8 Å². The number of methoxy groups -OCH3 is 2. The number of carbonyl (C=O) groups excluding carboxylic acids is 15. The quantitative estimate of drug-likeness (QED) is 0.106. The molecule has 10 aliphatic heterocycles. The lowest BCUT2D eigenvalue weighted by Crippen LogP contribution is -2.66. The van der Waals surface area contributed by atoms with E-state index in [1.807, 2.05) is 6.92 Å². The molecule has 0 spiro atoms. The number of hydrogen-bond acceptors (Lipinski definition) is 22. The Bertz CT molecular complexity index is 4470. The van der Waals surface area contributed by atoms with Crippen molar-refractivity contribution >= 4 is 112 Å². The average Bonchev–Trinajstić information content (AvgIpc) is 1.59. The van der Waals surface area contributed by atoms with Gasteiger partial charge in [0.1, 0.15) is 43.4 Å². The first-order valence-corrected chi connectivity index (χ1v) is 36.6. The summed E-state index contributed by atoms with van der Waals surface area (Å²) in [4.78, 5) is 214. The van der Waals surface area contributed by atoms with Crippen LogP contribution in [0.1, 0.15) is 111 Å². The van der Waals surface area contributed by atoms with Crippen molar-refractivity contribution in [1.29, 1.82) is 0 Å². The van der Waals surface area contributed by atoms with E-state index < -0.39 is 145 Å². The number of nitrogens with zero attached hydrogens (tertiary/aromatic N) is 6. The predicted molar refractivity (Wildman–Crippen MR) is 399 cm³/mol. The largest absolute Gasteiger partial charge is 0.493 e. The van der Waals surface area contributed by atoms with Crippen LogP contribution in [0.3, 0.4) is 0 Å². The summed E-state index contributed by atoms with van der Waals surface area (Å²) >= 11 is 0. The molecule has 35 nitrogen and oxygen atoms in total. The first-order chi connectivity index (χ1) is 53.6. The van der Waals surface area contributed by atoms with Crippen molar-refractivity contribution in [2.24, 2.45) is 0 Å². The Labute approximate surface area is 643 Å². The third-order valence-electron chi connectivity index (χ3n) is 20.2. The Morgan fingerprint density at radius 1 is 0.500 bits per heavy atom. The zero-order valence-electron chi connectivity index (χ0n) is 62.7. The van der Waals surface area contributed by atoms with E-state index in [0.29, 0.717) is 55.6 Å². The summed E-state index contributed by atoms with van der Waals surface area (Å²) in [7, 11) is 2.86. The number of rotatable bonds is 10. The number of nitrogens with one attached hydrogen (secondary N) is 8. The van der Waals surface area contributed by atoms with Gasteiger partial charge in [-0.05, 0) is 108 Å². The summed E-state index contributed by atoms with van der Waals surface area (Å²) < 4.78 is 36.2. The van der Waals surface area contributed by atoms with Crippen molar-refractivity contribution in [2.75, 3.05) is 80.6 Å². The SMILES string of the molecule is C=C1Nc2ccc(cc2)COC(=O)N2c3cc(c(OC)cc3C(=O)N3CCC[C@H]3C2C)OCCCOc2cc3c(cc2OC)C(=O)N2CCC[C@H]2CN3C(=O)OCc2ccc(cc2)NC(=O)[C@H](C)NC(=O)[C@H](C)NC(=O)[C@@H](NC(=O)CCN2C(=O)C=CC2=O)[C@H](NC(=O)CCN2C(=O)C=CC2=O)C(=O)N[C@@H](C)C(=O)N[C@H]1C. The number of hydrogen-bond donors (Lipinski definition) is 8. The van der Waals surface area contributed by atoms with Gasteiger partial charge in [0.25, 0.3) is 35.4 Å². The predicted octanol–water partition coefficient (Wildman–Crippen LogP) is 2.96. The van der Waals surface area contributed by atoms with Gasteiger partial charge in [-0.25, -0.2) is 9.59 Å². The average molecular weight is 1550 g/mol. The van der Waals surface area contributed by atoms with Gasteiger partial charge in [0.05, 0.1) is 74.1 Å². The van der Waals surface area contributed by atoms with Gasteiger partial charge in [-0.1, -0.05) is 30.8 Å². The molecule has 10 aliphatic rings. The highest BCUT2D eigenvalue weighted by molar-refractivity contribution is 6.14. The molecule has 4 aromatic rings. The van der Waals surface area contributed by atoms with Gasteiger partial charge in [0.15, 0.2) is 23.0 Å². The second-order valence-corrected chi connectivity index (χ2v) is 27.8. The van der Waals surface area contributed by atoms with Crippen molar-refractivity contribution in [3.05, 3.63) is 132 Å². The van der Waals surface area contributed by atoms with Gasteiger partial charge >= 0.3 is 12.2 Å². The minimum Gasteiger partial charge on any atom is -0.493 e. The summed E-state index contributed by atoms with van der Waals surface area (Å²) in [6.45, 7) is 10.9. The van der Waals surface area contributed by atoms with Crippen LogP contribution in [0.25, 0.3) is 0 Å². The van der Waals surface area contributed by atoms with Crippen LogP contribution in [-0.4, -0.2) is 223 Å². The van der Waals surface area contributed by atoms with Crippen molar-refractivity contribution in [3.63, 3.8) is 0 Å². The van der Waals surface area contributed by atoms with Crippen molar-refractivity contribution in [2.45, 2.75) is 147 Å². The number of benzene rings is 4. The molecule has 0 saturated carbocycles. The summed E-state index contributed by atoms with van der Waals surface area (Å²) in [6, 6.07) is 8.19. The summed E-state index contributed by atoms with van der Waals surface area (Å²) in [5.74, 6) is -9.98. The van der Waals surface area contributed by atoms with Gasteiger partial charge in [0.2, 0.25) is 41.4 Å². The van der Waals surface area contributed by atoms with Gasteiger partial charge in [-0.2, -0.15) is 0 Å². The second-order valence-electron chi connectivity index (χ2n) is 27.8. The smallest absolute Gasteiger partial charge is 0.414 e. The van der Waals surface area contributed by atoms with E-state index in [9.17, 15) is 71.9 Å².